The zero-order valence-corrected chi connectivity index (χ0v) is 8.03. The number of alkyl halides is 3. The summed E-state index contributed by atoms with van der Waals surface area (Å²) in [6.45, 7) is 0.369. The van der Waals surface area contributed by atoms with Gasteiger partial charge in [-0.25, -0.2) is 8.42 Å². The Morgan fingerprint density at radius 2 is 2.07 bits per heavy atom. The standard InChI is InChI=1S/C6H10F3N2O2S/c7-6(8,9)14(12,13)11-4-5-2-1-3-10-5/h5,10H,1-4H2/q-1/t5-/m0/s1. The zero-order valence-electron chi connectivity index (χ0n) is 7.21. The molecule has 1 atom stereocenters. The fourth-order valence-electron chi connectivity index (χ4n) is 1.17. The van der Waals surface area contributed by atoms with Crippen molar-refractivity contribution in [2.24, 2.45) is 0 Å². The number of nitrogens with zero attached hydrogens (tertiary/aromatic N) is 1. The second kappa shape index (κ2) is 4.03. The molecule has 14 heavy (non-hydrogen) atoms. The topological polar surface area (TPSA) is 60.3 Å². The molecular weight excluding hydrogens is 221 g/mol. The SMILES string of the molecule is O=S(=O)([N-]C[C@@H]1CCCN1)C(F)(F)F. The summed E-state index contributed by atoms with van der Waals surface area (Å²) in [5, 5.41) is 2.86. The molecule has 0 aliphatic carbocycles. The molecule has 0 aromatic rings. The fraction of sp³-hybridized carbons (Fsp3) is 1.00. The van der Waals surface area contributed by atoms with Crippen LogP contribution in [0.2, 0.25) is 0 Å². The molecule has 1 heterocycles. The summed E-state index contributed by atoms with van der Waals surface area (Å²) >= 11 is 0. The Morgan fingerprint density at radius 1 is 1.43 bits per heavy atom. The number of sulfonamides is 1. The highest BCUT2D eigenvalue weighted by Gasteiger charge is 2.38. The van der Waals surface area contributed by atoms with E-state index in [0.717, 1.165) is 6.42 Å². The van der Waals surface area contributed by atoms with Crippen molar-refractivity contribution >= 4 is 10.0 Å². The van der Waals surface area contributed by atoms with Crippen molar-refractivity contribution in [1.82, 2.24) is 5.32 Å². The Hall–Kier alpha value is -0.340. The first-order valence-corrected chi connectivity index (χ1v) is 5.50. The van der Waals surface area contributed by atoms with E-state index in [-0.39, 0.29) is 12.6 Å². The van der Waals surface area contributed by atoms with Gasteiger partial charge in [0.05, 0.1) is 0 Å². The first kappa shape index (κ1) is 11.7. The van der Waals surface area contributed by atoms with Crippen LogP contribution in [0.1, 0.15) is 12.8 Å². The molecule has 0 aromatic heterocycles. The van der Waals surface area contributed by atoms with Gasteiger partial charge in [-0.3, -0.25) is 0 Å². The molecule has 0 aromatic carbocycles. The lowest BCUT2D eigenvalue weighted by atomic mass is 10.2. The van der Waals surface area contributed by atoms with Gasteiger partial charge in [0.1, 0.15) is 0 Å². The molecule has 0 saturated carbocycles. The molecule has 84 valence electrons. The molecule has 1 aliphatic heterocycles. The Morgan fingerprint density at radius 3 is 2.50 bits per heavy atom. The maximum Gasteiger partial charge on any atom is 0.480 e. The van der Waals surface area contributed by atoms with E-state index >= 15 is 0 Å². The van der Waals surface area contributed by atoms with Gasteiger partial charge in [-0.05, 0) is 25.4 Å². The van der Waals surface area contributed by atoms with Crippen molar-refractivity contribution in [1.29, 1.82) is 0 Å². The summed E-state index contributed by atoms with van der Waals surface area (Å²) in [4.78, 5) is 0. The molecule has 0 radical (unpaired) electrons. The van der Waals surface area contributed by atoms with Crippen molar-refractivity contribution in [3.63, 3.8) is 0 Å². The lowest BCUT2D eigenvalue weighted by Crippen LogP contribution is -2.29. The van der Waals surface area contributed by atoms with Crippen LogP contribution in [-0.4, -0.2) is 33.1 Å². The number of hydrogen-bond acceptors (Lipinski definition) is 3. The Labute approximate surface area is 79.9 Å². The zero-order chi connectivity index (χ0) is 10.8. The van der Waals surface area contributed by atoms with Gasteiger partial charge < -0.3 is 10.0 Å². The smallest absolute Gasteiger partial charge is 0.480 e. The highest BCUT2D eigenvalue weighted by molar-refractivity contribution is 7.94. The highest BCUT2D eigenvalue weighted by Crippen LogP contribution is 2.28. The minimum absolute atomic E-state index is 0.243. The van der Waals surface area contributed by atoms with Crippen LogP contribution in [0.15, 0.2) is 0 Å². The predicted octanol–water partition coefficient (Wildman–Crippen LogP) is 0.962. The van der Waals surface area contributed by atoms with E-state index in [2.05, 4.69) is 10.0 Å². The van der Waals surface area contributed by atoms with Crippen molar-refractivity contribution in [3.8, 4) is 0 Å². The molecule has 1 fully saturated rings. The van der Waals surface area contributed by atoms with Crippen LogP contribution in [-0.2, 0) is 10.0 Å². The molecule has 1 saturated heterocycles. The molecule has 4 nitrogen and oxygen atoms in total. The van der Waals surface area contributed by atoms with Crippen molar-refractivity contribution in [3.05, 3.63) is 4.72 Å². The average molecular weight is 231 g/mol. The molecule has 1 rings (SSSR count). The minimum Gasteiger partial charge on any atom is -0.540 e. The third kappa shape index (κ3) is 2.82. The highest BCUT2D eigenvalue weighted by atomic mass is 32.2. The lowest BCUT2D eigenvalue weighted by Gasteiger charge is -2.24. The lowest BCUT2D eigenvalue weighted by molar-refractivity contribution is -0.0427. The molecule has 0 unspecified atom stereocenters. The van der Waals surface area contributed by atoms with E-state index in [9.17, 15) is 21.6 Å². The number of nitrogens with one attached hydrogen (secondary N) is 1. The van der Waals surface area contributed by atoms with Gasteiger partial charge in [-0.15, -0.1) is 6.54 Å². The first-order chi connectivity index (χ1) is 6.33. The van der Waals surface area contributed by atoms with Crippen molar-refractivity contribution in [2.45, 2.75) is 24.4 Å². The second-order valence-corrected chi connectivity index (χ2v) is 4.70. The quantitative estimate of drug-likeness (QED) is 0.787. The third-order valence-electron chi connectivity index (χ3n) is 1.92. The Balaban J connectivity index is 2.44. The number of rotatable bonds is 3. The van der Waals surface area contributed by atoms with Gasteiger partial charge in [0, 0.05) is 0 Å². The van der Waals surface area contributed by atoms with Crippen LogP contribution < -0.4 is 5.32 Å². The van der Waals surface area contributed by atoms with E-state index in [4.69, 9.17) is 0 Å². The summed E-state index contributed by atoms with van der Waals surface area (Å²) < 4.78 is 59.1. The van der Waals surface area contributed by atoms with Crippen LogP contribution in [0.5, 0.6) is 0 Å². The van der Waals surface area contributed by atoms with Crippen molar-refractivity contribution in [2.75, 3.05) is 13.1 Å². The fourth-order valence-corrected chi connectivity index (χ4v) is 1.70. The van der Waals surface area contributed by atoms with Crippen molar-refractivity contribution < 1.29 is 21.6 Å². The molecule has 0 spiro atoms. The van der Waals surface area contributed by atoms with Crippen LogP contribution >= 0.6 is 0 Å². The average Bonchev–Trinajstić information content (AvgIpc) is 2.50. The van der Waals surface area contributed by atoms with Crippen LogP contribution in [0.3, 0.4) is 0 Å². The van der Waals surface area contributed by atoms with E-state index in [1.807, 2.05) is 0 Å². The maximum atomic E-state index is 11.8. The molecule has 8 heteroatoms. The maximum absolute atomic E-state index is 11.8. The summed E-state index contributed by atoms with van der Waals surface area (Å²) in [5.74, 6) is 0. The largest absolute Gasteiger partial charge is 0.540 e. The number of halogens is 3. The third-order valence-corrected chi connectivity index (χ3v) is 2.99. The van der Waals surface area contributed by atoms with E-state index in [1.165, 1.54) is 0 Å². The minimum atomic E-state index is -5.30. The van der Waals surface area contributed by atoms with Gasteiger partial charge in [0.25, 0.3) is 0 Å². The second-order valence-electron chi connectivity index (χ2n) is 3.03. The summed E-state index contributed by atoms with van der Waals surface area (Å²) in [7, 11) is -5.30. The van der Waals surface area contributed by atoms with Gasteiger partial charge in [-0.2, -0.15) is 13.2 Å². The molecular formula is C6H10F3N2O2S-. The molecule has 1 aliphatic rings. The van der Waals surface area contributed by atoms with Gasteiger partial charge in [0.2, 0.25) is 0 Å². The predicted molar refractivity (Wildman–Crippen MR) is 44.2 cm³/mol. The summed E-state index contributed by atoms with van der Waals surface area (Å²) in [5.41, 5.74) is -5.27. The van der Waals surface area contributed by atoms with Gasteiger partial charge >= 0.3 is 5.51 Å². The Kier molecular flexibility index (Phi) is 3.38. The molecule has 1 N–H and O–H groups in total. The van der Waals surface area contributed by atoms with E-state index < -0.39 is 15.5 Å². The Bertz CT molecular complexity index is 282. The van der Waals surface area contributed by atoms with Crippen LogP contribution in [0.4, 0.5) is 13.2 Å². The number of hydrogen-bond donors (Lipinski definition) is 1. The normalized spacial score (nSPS) is 24.1. The summed E-state index contributed by atoms with van der Waals surface area (Å²) in [6.07, 6.45) is 1.50. The van der Waals surface area contributed by atoms with Crippen LogP contribution in [0.25, 0.3) is 4.72 Å². The summed E-state index contributed by atoms with van der Waals surface area (Å²) in [6, 6.07) is -0.243. The molecule has 0 bridgehead atoms. The van der Waals surface area contributed by atoms with Crippen LogP contribution in [0, 0.1) is 0 Å². The molecule has 0 amide bonds. The van der Waals surface area contributed by atoms with E-state index in [0.29, 0.717) is 13.0 Å². The monoisotopic (exact) mass is 231 g/mol. The van der Waals surface area contributed by atoms with Gasteiger partial charge in [0.15, 0.2) is 10.0 Å². The van der Waals surface area contributed by atoms with Gasteiger partial charge in [-0.1, -0.05) is 0 Å². The van der Waals surface area contributed by atoms with E-state index in [1.54, 1.807) is 0 Å². The first-order valence-electron chi connectivity index (χ1n) is 4.06.